The van der Waals surface area contributed by atoms with E-state index < -0.39 is 5.97 Å². The van der Waals surface area contributed by atoms with Gasteiger partial charge in [-0.2, -0.15) is 5.10 Å². The fourth-order valence-corrected chi connectivity index (χ4v) is 3.57. The second kappa shape index (κ2) is 9.34. The van der Waals surface area contributed by atoms with Crippen LogP contribution in [-0.4, -0.2) is 30.8 Å². The third-order valence-electron chi connectivity index (χ3n) is 5.07. The van der Waals surface area contributed by atoms with E-state index in [2.05, 4.69) is 24.0 Å². The normalized spacial score (nSPS) is 10.9. The number of rotatable bonds is 8. The largest absolute Gasteiger partial charge is 0.478 e. The molecule has 0 aliphatic carbocycles. The minimum absolute atomic E-state index is 0.269. The number of carbonyl (C=O) groups is 1. The molecule has 0 radical (unpaired) electrons. The fraction of sp³-hybridized carbons (Fsp3) is 0.200. The molecule has 0 unspecified atom stereocenters. The fourth-order valence-electron chi connectivity index (χ4n) is 3.57. The molecule has 0 amide bonds. The van der Waals surface area contributed by atoms with Crippen molar-refractivity contribution in [3.63, 3.8) is 0 Å². The zero-order valence-electron chi connectivity index (χ0n) is 17.4. The van der Waals surface area contributed by atoms with E-state index in [1.54, 1.807) is 24.4 Å². The highest BCUT2D eigenvalue weighted by Gasteiger charge is 2.14. The molecule has 156 valence electrons. The van der Waals surface area contributed by atoms with Crippen molar-refractivity contribution in [3.8, 4) is 11.1 Å². The van der Waals surface area contributed by atoms with E-state index in [0.29, 0.717) is 18.4 Å². The predicted molar refractivity (Wildman–Crippen MR) is 119 cm³/mol. The highest BCUT2D eigenvalue weighted by Crippen LogP contribution is 2.23. The zero-order chi connectivity index (χ0) is 21.6. The molecule has 2 aromatic heterocycles. The molecular weight excluding hydrogens is 388 g/mol. The molecule has 0 aliphatic rings. The standard InChI is InChI=1S/C25H24N4O2/c1-2-14-29-24(27-23(28-29)15-18-8-4-3-5-9-18)16-20-13-12-19(17-26-20)21-10-6-7-11-22(21)25(30)31/h3-13,17H,2,14-16H2,1H3,(H,30,31). The van der Waals surface area contributed by atoms with Gasteiger partial charge in [0.25, 0.3) is 0 Å². The van der Waals surface area contributed by atoms with Crippen LogP contribution in [0.1, 0.15) is 46.6 Å². The lowest BCUT2D eigenvalue weighted by Crippen LogP contribution is -2.07. The number of aromatic nitrogens is 4. The minimum atomic E-state index is -0.946. The Kier molecular flexibility index (Phi) is 6.17. The van der Waals surface area contributed by atoms with Gasteiger partial charge in [-0.25, -0.2) is 14.5 Å². The number of carboxylic acids is 1. The molecule has 0 bridgehead atoms. The summed E-state index contributed by atoms with van der Waals surface area (Å²) in [4.78, 5) is 20.8. The van der Waals surface area contributed by atoms with Crippen molar-refractivity contribution in [1.82, 2.24) is 19.7 Å². The third-order valence-corrected chi connectivity index (χ3v) is 5.07. The zero-order valence-corrected chi connectivity index (χ0v) is 17.4. The summed E-state index contributed by atoms with van der Waals surface area (Å²) in [6.45, 7) is 2.93. The Hall–Kier alpha value is -3.80. The van der Waals surface area contributed by atoms with Crippen molar-refractivity contribution >= 4 is 5.97 Å². The molecule has 4 rings (SSSR count). The van der Waals surface area contributed by atoms with Crippen molar-refractivity contribution in [2.45, 2.75) is 32.7 Å². The number of hydrogen-bond donors (Lipinski definition) is 1. The second-order valence-corrected chi connectivity index (χ2v) is 7.40. The number of carboxylic acid groups (broad SMARTS) is 1. The van der Waals surface area contributed by atoms with E-state index in [-0.39, 0.29) is 5.56 Å². The van der Waals surface area contributed by atoms with Gasteiger partial charge in [0.1, 0.15) is 5.82 Å². The molecule has 0 saturated heterocycles. The lowest BCUT2D eigenvalue weighted by molar-refractivity contribution is 0.0697. The highest BCUT2D eigenvalue weighted by atomic mass is 16.4. The van der Waals surface area contributed by atoms with Crippen LogP contribution in [0, 0.1) is 0 Å². The number of aryl methyl sites for hydroxylation is 1. The van der Waals surface area contributed by atoms with Gasteiger partial charge in [-0.3, -0.25) is 4.98 Å². The Morgan fingerprint density at radius 1 is 0.968 bits per heavy atom. The number of hydrogen-bond acceptors (Lipinski definition) is 4. The first-order chi connectivity index (χ1) is 15.1. The average Bonchev–Trinajstić information content (AvgIpc) is 3.16. The second-order valence-electron chi connectivity index (χ2n) is 7.40. The van der Waals surface area contributed by atoms with Gasteiger partial charge >= 0.3 is 5.97 Å². The molecule has 4 aromatic rings. The number of nitrogens with zero attached hydrogens (tertiary/aromatic N) is 4. The number of benzene rings is 2. The first kappa shape index (κ1) is 20.5. The first-order valence-corrected chi connectivity index (χ1v) is 10.4. The summed E-state index contributed by atoms with van der Waals surface area (Å²) in [5, 5.41) is 14.1. The van der Waals surface area contributed by atoms with Crippen LogP contribution in [0.3, 0.4) is 0 Å². The Morgan fingerprint density at radius 3 is 2.45 bits per heavy atom. The van der Waals surface area contributed by atoms with Crippen LogP contribution in [0.5, 0.6) is 0 Å². The maximum absolute atomic E-state index is 11.5. The number of aromatic carboxylic acids is 1. The molecule has 2 aromatic carbocycles. The van der Waals surface area contributed by atoms with Gasteiger partial charge in [-0.1, -0.05) is 61.5 Å². The van der Waals surface area contributed by atoms with Gasteiger partial charge in [0.2, 0.25) is 0 Å². The Bertz CT molecular complexity index is 1170. The molecule has 2 heterocycles. The van der Waals surface area contributed by atoms with Crippen LogP contribution < -0.4 is 0 Å². The lowest BCUT2D eigenvalue weighted by Gasteiger charge is -2.07. The van der Waals surface area contributed by atoms with Gasteiger partial charge in [0.15, 0.2) is 5.82 Å². The van der Waals surface area contributed by atoms with E-state index in [0.717, 1.165) is 35.9 Å². The van der Waals surface area contributed by atoms with Crippen LogP contribution in [0.15, 0.2) is 72.9 Å². The predicted octanol–water partition coefficient (Wildman–Crippen LogP) is 4.63. The van der Waals surface area contributed by atoms with Crippen molar-refractivity contribution in [2.24, 2.45) is 0 Å². The maximum Gasteiger partial charge on any atom is 0.336 e. The number of pyridine rings is 1. The molecule has 6 heteroatoms. The van der Waals surface area contributed by atoms with Gasteiger partial charge in [-0.15, -0.1) is 0 Å². The molecule has 6 nitrogen and oxygen atoms in total. The van der Waals surface area contributed by atoms with E-state index in [9.17, 15) is 9.90 Å². The summed E-state index contributed by atoms with van der Waals surface area (Å²) >= 11 is 0. The van der Waals surface area contributed by atoms with Crippen LogP contribution in [0.4, 0.5) is 0 Å². The Morgan fingerprint density at radius 2 is 1.74 bits per heavy atom. The molecule has 0 fully saturated rings. The molecule has 0 saturated carbocycles. The van der Waals surface area contributed by atoms with Gasteiger partial charge in [0.05, 0.1) is 5.56 Å². The van der Waals surface area contributed by atoms with Crippen LogP contribution in [-0.2, 0) is 19.4 Å². The SMILES string of the molecule is CCCn1nc(Cc2ccccc2)nc1Cc1ccc(-c2ccccc2C(=O)O)cn1. The Balaban J connectivity index is 1.56. The van der Waals surface area contributed by atoms with E-state index >= 15 is 0 Å². The van der Waals surface area contributed by atoms with E-state index in [4.69, 9.17) is 10.1 Å². The smallest absolute Gasteiger partial charge is 0.336 e. The van der Waals surface area contributed by atoms with Crippen LogP contribution in [0.2, 0.25) is 0 Å². The van der Waals surface area contributed by atoms with E-state index in [1.807, 2.05) is 41.1 Å². The summed E-state index contributed by atoms with van der Waals surface area (Å²) in [5.41, 5.74) is 3.76. The van der Waals surface area contributed by atoms with Crippen molar-refractivity contribution in [1.29, 1.82) is 0 Å². The minimum Gasteiger partial charge on any atom is -0.478 e. The van der Waals surface area contributed by atoms with Gasteiger partial charge < -0.3 is 5.11 Å². The highest BCUT2D eigenvalue weighted by molar-refractivity contribution is 5.95. The van der Waals surface area contributed by atoms with Gasteiger partial charge in [0, 0.05) is 36.8 Å². The summed E-state index contributed by atoms with van der Waals surface area (Å²) in [5.74, 6) is 0.749. The monoisotopic (exact) mass is 412 g/mol. The molecule has 31 heavy (non-hydrogen) atoms. The topological polar surface area (TPSA) is 80.9 Å². The molecular formula is C25H24N4O2. The maximum atomic E-state index is 11.5. The Labute approximate surface area is 181 Å². The summed E-state index contributed by atoms with van der Waals surface area (Å²) in [6.07, 6.45) is 3.97. The van der Waals surface area contributed by atoms with Crippen LogP contribution >= 0.6 is 0 Å². The molecule has 0 aliphatic heterocycles. The van der Waals surface area contributed by atoms with Gasteiger partial charge in [-0.05, 0) is 29.7 Å². The van der Waals surface area contributed by atoms with Crippen molar-refractivity contribution in [2.75, 3.05) is 0 Å². The molecule has 1 N–H and O–H groups in total. The van der Waals surface area contributed by atoms with E-state index in [1.165, 1.54) is 5.56 Å². The first-order valence-electron chi connectivity index (χ1n) is 10.4. The van der Waals surface area contributed by atoms with Crippen molar-refractivity contribution in [3.05, 3.63) is 101 Å². The lowest BCUT2D eigenvalue weighted by atomic mass is 10.0. The average molecular weight is 412 g/mol. The summed E-state index contributed by atoms with van der Waals surface area (Å²) < 4.78 is 1.97. The molecule has 0 atom stereocenters. The van der Waals surface area contributed by atoms with Crippen molar-refractivity contribution < 1.29 is 9.90 Å². The summed E-state index contributed by atoms with van der Waals surface area (Å²) in [6, 6.07) is 21.0. The molecule has 0 spiro atoms. The summed E-state index contributed by atoms with van der Waals surface area (Å²) in [7, 11) is 0. The van der Waals surface area contributed by atoms with Crippen LogP contribution in [0.25, 0.3) is 11.1 Å². The third kappa shape index (κ3) is 4.86. The quantitative estimate of drug-likeness (QED) is 0.456.